The first kappa shape index (κ1) is 22.6. The van der Waals surface area contributed by atoms with Gasteiger partial charge in [0.05, 0.1) is 13.7 Å². The van der Waals surface area contributed by atoms with Gasteiger partial charge in [-0.05, 0) is 48.2 Å². The highest BCUT2D eigenvalue weighted by molar-refractivity contribution is 5.83. The third-order valence-corrected chi connectivity index (χ3v) is 5.55. The summed E-state index contributed by atoms with van der Waals surface area (Å²) in [7, 11) is 1.63. The van der Waals surface area contributed by atoms with Gasteiger partial charge in [-0.15, -0.1) is 0 Å². The lowest BCUT2D eigenvalue weighted by Gasteiger charge is -2.38. The van der Waals surface area contributed by atoms with Crippen molar-refractivity contribution in [2.45, 2.75) is 24.8 Å². The maximum Gasteiger partial charge on any atom is 0.315 e. The average molecular weight is 429 g/mol. The second kappa shape index (κ2) is 10.8. The molecule has 0 radical (unpaired) electrons. The van der Waals surface area contributed by atoms with Crippen LogP contribution in [0.4, 0.5) is 9.18 Å². The maximum absolute atomic E-state index is 12.9. The fraction of sp³-hybridized carbons (Fsp3) is 0.391. The first-order valence-corrected chi connectivity index (χ1v) is 10.3. The van der Waals surface area contributed by atoms with Crippen LogP contribution in [0.3, 0.4) is 0 Å². The Hall–Kier alpha value is -3.13. The minimum absolute atomic E-state index is 0.134. The van der Waals surface area contributed by atoms with Gasteiger partial charge >= 0.3 is 6.03 Å². The van der Waals surface area contributed by atoms with Gasteiger partial charge in [0.2, 0.25) is 5.91 Å². The topological polar surface area (TPSA) is 88.7 Å². The van der Waals surface area contributed by atoms with Gasteiger partial charge < -0.3 is 25.4 Å². The summed E-state index contributed by atoms with van der Waals surface area (Å²) in [4.78, 5) is 24.3. The highest BCUT2D eigenvalue weighted by atomic mass is 19.1. The van der Waals surface area contributed by atoms with Crippen LogP contribution < -0.4 is 20.7 Å². The Labute approximate surface area is 181 Å². The second-order valence-corrected chi connectivity index (χ2v) is 7.56. The lowest BCUT2D eigenvalue weighted by Crippen LogP contribution is -2.48. The summed E-state index contributed by atoms with van der Waals surface area (Å²) >= 11 is 0. The average Bonchev–Trinajstić information content (AvgIpc) is 2.81. The molecule has 3 N–H and O–H groups in total. The van der Waals surface area contributed by atoms with E-state index in [1.165, 1.54) is 12.1 Å². The zero-order valence-electron chi connectivity index (χ0n) is 17.6. The van der Waals surface area contributed by atoms with Crippen molar-refractivity contribution in [1.29, 1.82) is 0 Å². The van der Waals surface area contributed by atoms with Crippen LogP contribution in [-0.4, -0.2) is 45.4 Å². The number of ether oxygens (including phenoxy) is 2. The molecule has 0 saturated carbocycles. The van der Waals surface area contributed by atoms with Crippen LogP contribution in [0.1, 0.15) is 24.0 Å². The Kier molecular flexibility index (Phi) is 7.83. The molecule has 1 aliphatic rings. The van der Waals surface area contributed by atoms with Crippen molar-refractivity contribution >= 4 is 11.9 Å². The van der Waals surface area contributed by atoms with Gasteiger partial charge in [0.1, 0.15) is 11.6 Å². The van der Waals surface area contributed by atoms with E-state index in [-0.39, 0.29) is 30.2 Å². The molecule has 166 valence electrons. The molecule has 7 nitrogen and oxygen atoms in total. The molecule has 2 aromatic rings. The summed E-state index contributed by atoms with van der Waals surface area (Å²) in [6.45, 7) is 1.83. The number of benzene rings is 2. The van der Waals surface area contributed by atoms with E-state index in [1.807, 2.05) is 24.3 Å². The Morgan fingerprint density at radius 1 is 1.00 bits per heavy atom. The van der Waals surface area contributed by atoms with Crippen LogP contribution in [0.5, 0.6) is 5.75 Å². The number of hydrogen-bond acceptors (Lipinski definition) is 4. The summed E-state index contributed by atoms with van der Waals surface area (Å²) in [6, 6.07) is 13.3. The van der Waals surface area contributed by atoms with E-state index in [0.29, 0.717) is 19.8 Å². The molecule has 1 aliphatic heterocycles. The predicted octanol–water partition coefficient (Wildman–Crippen LogP) is 2.50. The molecule has 2 aromatic carbocycles. The third kappa shape index (κ3) is 6.42. The van der Waals surface area contributed by atoms with Gasteiger partial charge in [0.15, 0.2) is 0 Å². The van der Waals surface area contributed by atoms with E-state index >= 15 is 0 Å². The van der Waals surface area contributed by atoms with Crippen LogP contribution in [0.25, 0.3) is 0 Å². The van der Waals surface area contributed by atoms with E-state index in [2.05, 4.69) is 16.0 Å². The number of nitrogens with one attached hydrogen (secondary N) is 3. The lowest BCUT2D eigenvalue weighted by molar-refractivity contribution is -0.120. The zero-order valence-corrected chi connectivity index (χ0v) is 17.6. The molecule has 3 rings (SSSR count). The van der Waals surface area contributed by atoms with Gasteiger partial charge in [0.25, 0.3) is 0 Å². The van der Waals surface area contributed by atoms with E-state index < -0.39 is 6.03 Å². The fourth-order valence-corrected chi connectivity index (χ4v) is 3.61. The molecule has 8 heteroatoms. The van der Waals surface area contributed by atoms with Gasteiger partial charge in [-0.1, -0.05) is 24.3 Å². The molecule has 0 aromatic heterocycles. The highest BCUT2D eigenvalue weighted by Crippen LogP contribution is 2.35. The number of urea groups is 1. The molecular formula is C23H28FN3O4. The molecule has 31 heavy (non-hydrogen) atoms. The SMILES string of the molecule is COc1ccc(C2(CNC(=O)CNC(=O)NCc3ccc(F)cc3)CCOCC2)cc1. The molecule has 0 atom stereocenters. The van der Waals surface area contributed by atoms with Gasteiger partial charge in [-0.2, -0.15) is 0 Å². The summed E-state index contributed by atoms with van der Waals surface area (Å²) in [5, 5.41) is 8.13. The van der Waals surface area contributed by atoms with E-state index in [4.69, 9.17) is 9.47 Å². The van der Waals surface area contributed by atoms with E-state index in [0.717, 1.165) is 29.7 Å². The first-order chi connectivity index (χ1) is 15.0. The molecule has 0 bridgehead atoms. The number of rotatable bonds is 8. The Bertz CT molecular complexity index is 865. The molecular weight excluding hydrogens is 401 g/mol. The van der Waals surface area contributed by atoms with Crippen molar-refractivity contribution < 1.29 is 23.5 Å². The number of carbonyl (C=O) groups is 2. The zero-order chi connectivity index (χ0) is 22.1. The number of halogens is 1. The van der Waals surface area contributed by atoms with Crippen molar-refractivity contribution in [1.82, 2.24) is 16.0 Å². The van der Waals surface area contributed by atoms with Crippen LogP contribution in [0.2, 0.25) is 0 Å². The Morgan fingerprint density at radius 2 is 1.68 bits per heavy atom. The monoisotopic (exact) mass is 429 g/mol. The molecule has 1 heterocycles. The van der Waals surface area contributed by atoms with E-state index in [9.17, 15) is 14.0 Å². The predicted molar refractivity (Wildman–Crippen MR) is 114 cm³/mol. The molecule has 3 amide bonds. The molecule has 0 unspecified atom stereocenters. The second-order valence-electron chi connectivity index (χ2n) is 7.56. The highest BCUT2D eigenvalue weighted by Gasteiger charge is 2.34. The van der Waals surface area contributed by atoms with E-state index in [1.54, 1.807) is 19.2 Å². The Balaban J connectivity index is 1.47. The van der Waals surface area contributed by atoms with Crippen molar-refractivity contribution in [2.24, 2.45) is 0 Å². The maximum atomic E-state index is 12.9. The normalized spacial score (nSPS) is 15.0. The van der Waals surface area contributed by atoms with Crippen molar-refractivity contribution in [3.05, 3.63) is 65.5 Å². The summed E-state index contributed by atoms with van der Waals surface area (Å²) in [5.41, 5.74) is 1.68. The quantitative estimate of drug-likeness (QED) is 0.602. The lowest BCUT2D eigenvalue weighted by atomic mass is 9.74. The van der Waals surface area contributed by atoms with Crippen LogP contribution >= 0.6 is 0 Å². The van der Waals surface area contributed by atoms with Crippen molar-refractivity contribution in [3.63, 3.8) is 0 Å². The number of carbonyl (C=O) groups excluding carboxylic acids is 2. The summed E-state index contributed by atoms with van der Waals surface area (Å²) in [6.07, 6.45) is 1.59. The minimum atomic E-state index is -0.463. The number of methoxy groups -OCH3 is 1. The Morgan fingerprint density at radius 3 is 2.32 bits per heavy atom. The molecule has 0 spiro atoms. The fourth-order valence-electron chi connectivity index (χ4n) is 3.61. The minimum Gasteiger partial charge on any atom is -0.497 e. The van der Waals surface area contributed by atoms with Crippen LogP contribution in [0, 0.1) is 5.82 Å². The van der Waals surface area contributed by atoms with Gasteiger partial charge in [-0.3, -0.25) is 4.79 Å². The van der Waals surface area contributed by atoms with Crippen LogP contribution in [0.15, 0.2) is 48.5 Å². The standard InChI is InChI=1S/C23H28FN3O4/c1-30-20-8-4-18(5-9-20)23(10-12-31-13-11-23)16-27-21(28)15-26-22(29)25-14-17-2-6-19(24)7-3-17/h2-9H,10-16H2,1H3,(H,27,28)(H2,25,26,29). The number of hydrogen-bond donors (Lipinski definition) is 3. The summed E-state index contributed by atoms with van der Waals surface area (Å²) in [5.74, 6) is 0.184. The van der Waals surface area contributed by atoms with Crippen LogP contribution in [-0.2, 0) is 21.5 Å². The summed E-state index contributed by atoms with van der Waals surface area (Å²) < 4.78 is 23.7. The molecule has 1 fully saturated rings. The van der Waals surface area contributed by atoms with Gasteiger partial charge in [-0.25, -0.2) is 9.18 Å². The number of amides is 3. The molecule has 1 saturated heterocycles. The van der Waals surface area contributed by atoms with Crippen molar-refractivity contribution in [3.8, 4) is 5.75 Å². The van der Waals surface area contributed by atoms with Crippen molar-refractivity contribution in [2.75, 3.05) is 33.4 Å². The smallest absolute Gasteiger partial charge is 0.315 e. The largest absolute Gasteiger partial charge is 0.497 e. The van der Waals surface area contributed by atoms with Gasteiger partial charge in [0, 0.05) is 31.7 Å². The molecule has 0 aliphatic carbocycles. The first-order valence-electron chi connectivity index (χ1n) is 10.3. The third-order valence-electron chi connectivity index (χ3n) is 5.55.